The van der Waals surface area contributed by atoms with Crippen LogP contribution in [0.25, 0.3) is 0 Å². The summed E-state index contributed by atoms with van der Waals surface area (Å²) in [4.78, 5) is 0. The van der Waals surface area contributed by atoms with Crippen LogP contribution in [-0.2, 0) is 11.2 Å². The molecule has 0 saturated heterocycles. The summed E-state index contributed by atoms with van der Waals surface area (Å²) in [7, 11) is 1.52. The molecule has 0 fully saturated rings. The number of halogens is 2. The summed E-state index contributed by atoms with van der Waals surface area (Å²) in [6.07, 6.45) is -0.128. The first-order valence-corrected chi connectivity index (χ1v) is 5.85. The van der Waals surface area contributed by atoms with Crippen molar-refractivity contribution in [1.29, 1.82) is 0 Å². The van der Waals surface area contributed by atoms with E-state index in [0.717, 1.165) is 0 Å². The molecular weight excluding hydrogens is 275 g/mol. The predicted octanol–water partition coefficient (Wildman–Crippen LogP) is 2.92. The Bertz CT molecular complexity index is 366. The lowest BCUT2D eigenvalue weighted by molar-refractivity contribution is -0.0719. The number of rotatable bonds is 4. The predicted molar refractivity (Wildman–Crippen MR) is 64.9 cm³/mol. The number of benzene rings is 1. The number of ether oxygens (including phenoxy) is 1. The third-order valence-corrected chi connectivity index (χ3v) is 3.29. The highest BCUT2D eigenvalue weighted by molar-refractivity contribution is 9.10. The molecule has 2 atom stereocenters. The molecule has 0 aliphatic heterocycles. The van der Waals surface area contributed by atoms with Gasteiger partial charge in [0.1, 0.15) is 5.82 Å². The fraction of sp³-hybridized carbons (Fsp3) is 0.500. The van der Waals surface area contributed by atoms with Gasteiger partial charge >= 0.3 is 0 Å². The van der Waals surface area contributed by atoms with Crippen molar-refractivity contribution in [2.45, 2.75) is 32.0 Å². The van der Waals surface area contributed by atoms with E-state index >= 15 is 0 Å². The Hall–Kier alpha value is -0.450. The first-order chi connectivity index (χ1) is 7.36. The molecule has 0 aromatic heterocycles. The molecular formula is C12H16BrFO2. The van der Waals surface area contributed by atoms with Gasteiger partial charge in [-0.25, -0.2) is 4.39 Å². The van der Waals surface area contributed by atoms with Crippen molar-refractivity contribution in [3.8, 4) is 0 Å². The molecule has 2 unspecified atom stereocenters. The summed E-state index contributed by atoms with van der Waals surface area (Å²) >= 11 is 3.19. The third kappa shape index (κ3) is 3.27. The Balaban J connectivity index is 2.87. The lowest BCUT2D eigenvalue weighted by atomic mass is 9.91. The lowest BCUT2D eigenvalue weighted by Gasteiger charge is -2.29. The molecule has 2 nitrogen and oxygen atoms in total. The molecule has 0 aliphatic carbocycles. The molecule has 0 saturated carbocycles. The number of hydrogen-bond acceptors (Lipinski definition) is 2. The molecule has 0 aliphatic rings. The van der Waals surface area contributed by atoms with Crippen molar-refractivity contribution in [3.05, 3.63) is 34.1 Å². The maximum Gasteiger partial charge on any atom is 0.127 e. The van der Waals surface area contributed by atoms with Crippen LogP contribution in [0.1, 0.15) is 19.4 Å². The van der Waals surface area contributed by atoms with Gasteiger partial charge in [-0.15, -0.1) is 0 Å². The number of aliphatic hydroxyl groups is 1. The minimum atomic E-state index is -1.08. The lowest BCUT2D eigenvalue weighted by Crippen LogP contribution is -2.40. The molecule has 1 aromatic carbocycles. The molecule has 1 N–H and O–H groups in total. The Morgan fingerprint density at radius 3 is 2.69 bits per heavy atom. The van der Waals surface area contributed by atoms with Gasteiger partial charge in [0, 0.05) is 18.0 Å². The third-order valence-electron chi connectivity index (χ3n) is 2.79. The van der Waals surface area contributed by atoms with E-state index in [2.05, 4.69) is 15.9 Å². The van der Waals surface area contributed by atoms with E-state index in [-0.39, 0.29) is 18.3 Å². The minimum Gasteiger partial charge on any atom is -0.387 e. The van der Waals surface area contributed by atoms with Gasteiger partial charge in [0.05, 0.1) is 11.7 Å². The van der Waals surface area contributed by atoms with Crippen molar-refractivity contribution in [2.75, 3.05) is 7.11 Å². The van der Waals surface area contributed by atoms with E-state index < -0.39 is 5.60 Å². The summed E-state index contributed by atoms with van der Waals surface area (Å²) in [6, 6.07) is 4.81. The van der Waals surface area contributed by atoms with Crippen LogP contribution >= 0.6 is 15.9 Å². The highest BCUT2D eigenvalue weighted by Crippen LogP contribution is 2.23. The Morgan fingerprint density at radius 1 is 1.56 bits per heavy atom. The van der Waals surface area contributed by atoms with Crippen molar-refractivity contribution < 1.29 is 14.2 Å². The molecule has 0 radical (unpaired) electrons. The van der Waals surface area contributed by atoms with Crippen molar-refractivity contribution in [1.82, 2.24) is 0 Å². The largest absolute Gasteiger partial charge is 0.387 e. The summed E-state index contributed by atoms with van der Waals surface area (Å²) in [6.45, 7) is 3.40. The zero-order chi connectivity index (χ0) is 12.3. The first kappa shape index (κ1) is 13.6. The first-order valence-electron chi connectivity index (χ1n) is 5.06. The smallest absolute Gasteiger partial charge is 0.127 e. The second-order valence-corrected chi connectivity index (χ2v) is 5.06. The van der Waals surface area contributed by atoms with E-state index in [1.54, 1.807) is 26.0 Å². The molecule has 0 amide bonds. The highest BCUT2D eigenvalue weighted by atomic mass is 79.9. The average Bonchev–Trinajstić information content (AvgIpc) is 2.21. The van der Waals surface area contributed by atoms with Crippen molar-refractivity contribution >= 4 is 15.9 Å². The zero-order valence-corrected chi connectivity index (χ0v) is 11.2. The summed E-state index contributed by atoms with van der Waals surface area (Å²) in [5.74, 6) is -0.321. The van der Waals surface area contributed by atoms with Gasteiger partial charge in [-0.1, -0.05) is 22.0 Å². The minimum absolute atomic E-state index is 0.223. The number of methoxy groups -OCH3 is 1. The molecule has 0 bridgehead atoms. The van der Waals surface area contributed by atoms with Gasteiger partial charge in [-0.2, -0.15) is 0 Å². The van der Waals surface area contributed by atoms with Crippen molar-refractivity contribution in [3.63, 3.8) is 0 Å². The summed E-state index contributed by atoms with van der Waals surface area (Å²) < 4.78 is 19.3. The Labute approximate surface area is 104 Å². The number of hydrogen-bond donors (Lipinski definition) is 1. The summed E-state index contributed by atoms with van der Waals surface area (Å²) in [5.41, 5.74) is -0.597. The molecule has 16 heavy (non-hydrogen) atoms. The molecule has 1 rings (SSSR count). The standard InChI is InChI=1S/C12H16BrFO2/c1-8(16-3)12(2,15)7-9-4-5-10(13)6-11(9)14/h4-6,8,15H,7H2,1-3H3. The van der Waals surface area contributed by atoms with E-state index in [9.17, 15) is 9.50 Å². The normalized spacial score (nSPS) is 16.9. The maximum atomic E-state index is 13.6. The molecule has 0 spiro atoms. The molecule has 90 valence electrons. The Morgan fingerprint density at radius 2 is 2.19 bits per heavy atom. The van der Waals surface area contributed by atoms with Crippen LogP contribution in [0.3, 0.4) is 0 Å². The monoisotopic (exact) mass is 290 g/mol. The van der Waals surface area contributed by atoms with Gasteiger partial charge in [0.25, 0.3) is 0 Å². The SMILES string of the molecule is COC(C)C(C)(O)Cc1ccc(Br)cc1F. The van der Waals surface area contributed by atoms with E-state index in [0.29, 0.717) is 10.0 Å². The van der Waals surface area contributed by atoms with E-state index in [1.807, 2.05) is 0 Å². The van der Waals surface area contributed by atoms with Gasteiger partial charge in [-0.05, 0) is 31.5 Å². The molecule has 0 heterocycles. The quantitative estimate of drug-likeness (QED) is 0.924. The van der Waals surface area contributed by atoms with Crippen molar-refractivity contribution in [2.24, 2.45) is 0 Å². The van der Waals surface area contributed by atoms with Crippen LogP contribution in [0.2, 0.25) is 0 Å². The van der Waals surface area contributed by atoms with Crippen LogP contribution < -0.4 is 0 Å². The topological polar surface area (TPSA) is 29.5 Å². The van der Waals surface area contributed by atoms with Crippen LogP contribution in [0.15, 0.2) is 22.7 Å². The second-order valence-electron chi connectivity index (χ2n) is 4.15. The fourth-order valence-corrected chi connectivity index (χ4v) is 1.78. The second kappa shape index (κ2) is 5.25. The van der Waals surface area contributed by atoms with Crippen LogP contribution in [0, 0.1) is 5.82 Å². The van der Waals surface area contributed by atoms with Crippen LogP contribution in [0.5, 0.6) is 0 Å². The van der Waals surface area contributed by atoms with Gasteiger partial charge in [0.2, 0.25) is 0 Å². The zero-order valence-electron chi connectivity index (χ0n) is 9.63. The molecule has 1 aromatic rings. The average molecular weight is 291 g/mol. The van der Waals surface area contributed by atoms with Gasteiger partial charge in [-0.3, -0.25) is 0 Å². The fourth-order valence-electron chi connectivity index (χ4n) is 1.45. The van der Waals surface area contributed by atoms with E-state index in [1.165, 1.54) is 13.2 Å². The summed E-state index contributed by atoms with van der Waals surface area (Å²) in [5, 5.41) is 10.1. The van der Waals surface area contributed by atoms with Gasteiger partial charge in [0.15, 0.2) is 0 Å². The van der Waals surface area contributed by atoms with Gasteiger partial charge < -0.3 is 9.84 Å². The van der Waals surface area contributed by atoms with Crippen LogP contribution in [0.4, 0.5) is 4.39 Å². The van der Waals surface area contributed by atoms with E-state index in [4.69, 9.17) is 4.74 Å². The highest BCUT2D eigenvalue weighted by Gasteiger charge is 2.29. The molecule has 4 heteroatoms. The van der Waals surface area contributed by atoms with Crippen LogP contribution in [-0.4, -0.2) is 23.9 Å². The maximum absolute atomic E-state index is 13.6. The Kier molecular flexibility index (Phi) is 4.47.